The van der Waals surface area contributed by atoms with E-state index in [1.807, 2.05) is 24.3 Å². The van der Waals surface area contributed by atoms with Crippen molar-refractivity contribution in [3.8, 4) is 17.2 Å². The van der Waals surface area contributed by atoms with Gasteiger partial charge in [-0.15, -0.1) is 10.2 Å². The van der Waals surface area contributed by atoms with Crippen LogP contribution in [0.5, 0.6) is 5.75 Å². The Kier molecular flexibility index (Phi) is 5.36. The van der Waals surface area contributed by atoms with Gasteiger partial charge in [-0.25, -0.2) is 8.42 Å². The van der Waals surface area contributed by atoms with Crippen molar-refractivity contribution in [1.82, 2.24) is 19.5 Å². The lowest BCUT2D eigenvalue weighted by Crippen LogP contribution is -2.34. The third-order valence-corrected chi connectivity index (χ3v) is 6.38. The molecule has 9 heteroatoms. The molecule has 0 bridgehead atoms. The standard InChI is InChI=1S/C19H20N4O4S/c24-28(25,13-12-26-16-7-2-1-3-8-16)23-11-5-9-17(23)19-22-21-18(27-19)15-6-4-10-20-14-15/h1-4,6-8,10,14,17H,5,9,11-13H2/t17-/m1/s1. The first kappa shape index (κ1) is 18.6. The van der Waals surface area contributed by atoms with Crippen LogP contribution in [0.25, 0.3) is 11.5 Å². The first-order chi connectivity index (χ1) is 13.6. The molecular weight excluding hydrogens is 380 g/mol. The summed E-state index contributed by atoms with van der Waals surface area (Å²) >= 11 is 0. The van der Waals surface area contributed by atoms with E-state index in [1.54, 1.807) is 30.6 Å². The molecular formula is C19H20N4O4S. The van der Waals surface area contributed by atoms with Crippen molar-refractivity contribution in [2.45, 2.75) is 18.9 Å². The van der Waals surface area contributed by atoms with E-state index >= 15 is 0 Å². The molecule has 1 aliphatic rings. The van der Waals surface area contributed by atoms with E-state index in [1.165, 1.54) is 4.31 Å². The zero-order chi connectivity index (χ0) is 19.4. The molecule has 1 atom stereocenters. The van der Waals surface area contributed by atoms with Gasteiger partial charge in [0.25, 0.3) is 0 Å². The van der Waals surface area contributed by atoms with E-state index in [-0.39, 0.29) is 12.4 Å². The van der Waals surface area contributed by atoms with Gasteiger partial charge >= 0.3 is 0 Å². The maximum absolute atomic E-state index is 12.8. The Labute approximate surface area is 163 Å². The Morgan fingerprint density at radius 2 is 2.00 bits per heavy atom. The summed E-state index contributed by atoms with van der Waals surface area (Å²) < 4.78 is 38.4. The second kappa shape index (κ2) is 8.07. The number of sulfonamides is 1. The Hall–Kier alpha value is -2.78. The van der Waals surface area contributed by atoms with Crippen LogP contribution >= 0.6 is 0 Å². The third-order valence-electron chi connectivity index (χ3n) is 4.55. The number of para-hydroxylation sites is 1. The van der Waals surface area contributed by atoms with Gasteiger partial charge in [0.15, 0.2) is 0 Å². The predicted octanol–water partition coefficient (Wildman–Crippen LogP) is 2.68. The second-order valence-electron chi connectivity index (χ2n) is 6.43. The van der Waals surface area contributed by atoms with Crippen LogP contribution in [0.1, 0.15) is 24.8 Å². The molecule has 1 saturated heterocycles. The van der Waals surface area contributed by atoms with E-state index in [4.69, 9.17) is 9.15 Å². The van der Waals surface area contributed by atoms with Gasteiger partial charge in [0.1, 0.15) is 18.4 Å². The third kappa shape index (κ3) is 4.05. The number of hydrogen-bond acceptors (Lipinski definition) is 7. The molecule has 0 unspecified atom stereocenters. The van der Waals surface area contributed by atoms with Crippen molar-refractivity contribution in [2.24, 2.45) is 0 Å². The van der Waals surface area contributed by atoms with Crippen molar-refractivity contribution in [2.75, 3.05) is 18.9 Å². The van der Waals surface area contributed by atoms with Crippen LogP contribution in [0.3, 0.4) is 0 Å². The first-order valence-corrected chi connectivity index (χ1v) is 10.7. The lowest BCUT2D eigenvalue weighted by molar-refractivity contribution is 0.316. The lowest BCUT2D eigenvalue weighted by Gasteiger charge is -2.21. The van der Waals surface area contributed by atoms with Crippen LogP contribution in [-0.2, 0) is 10.0 Å². The smallest absolute Gasteiger partial charge is 0.249 e. The monoisotopic (exact) mass is 400 g/mol. The van der Waals surface area contributed by atoms with Crippen molar-refractivity contribution >= 4 is 10.0 Å². The minimum atomic E-state index is -3.51. The zero-order valence-electron chi connectivity index (χ0n) is 15.1. The number of hydrogen-bond donors (Lipinski definition) is 0. The molecule has 8 nitrogen and oxygen atoms in total. The number of rotatable bonds is 7. The van der Waals surface area contributed by atoms with Crippen LogP contribution in [0.15, 0.2) is 59.3 Å². The number of aromatic nitrogens is 3. The average Bonchev–Trinajstić information content (AvgIpc) is 3.39. The number of nitrogens with zero attached hydrogens (tertiary/aromatic N) is 4. The first-order valence-electron chi connectivity index (χ1n) is 9.05. The number of benzene rings is 1. The predicted molar refractivity (Wildman–Crippen MR) is 102 cm³/mol. The maximum atomic E-state index is 12.8. The van der Waals surface area contributed by atoms with Gasteiger partial charge in [-0.3, -0.25) is 4.98 Å². The molecule has 1 fully saturated rings. The van der Waals surface area contributed by atoms with Crippen LogP contribution in [0.4, 0.5) is 0 Å². The Balaban J connectivity index is 1.45. The summed E-state index contributed by atoms with van der Waals surface area (Å²) in [6, 6.07) is 12.3. The highest BCUT2D eigenvalue weighted by atomic mass is 32.2. The van der Waals surface area contributed by atoms with Crippen molar-refractivity contribution in [3.63, 3.8) is 0 Å². The van der Waals surface area contributed by atoms with Crippen LogP contribution in [0.2, 0.25) is 0 Å². The number of pyridine rings is 1. The molecule has 4 rings (SSSR count). The normalized spacial score (nSPS) is 17.6. The summed E-state index contributed by atoms with van der Waals surface area (Å²) in [6.45, 7) is 0.517. The van der Waals surface area contributed by atoms with Gasteiger partial charge in [-0.05, 0) is 37.1 Å². The fraction of sp³-hybridized carbons (Fsp3) is 0.316. The quantitative estimate of drug-likeness (QED) is 0.601. The largest absolute Gasteiger partial charge is 0.492 e. The average molecular weight is 400 g/mol. The molecule has 3 aromatic rings. The topological polar surface area (TPSA) is 98.4 Å². The van der Waals surface area contributed by atoms with E-state index in [9.17, 15) is 8.42 Å². The Bertz CT molecular complexity index is 1010. The summed E-state index contributed by atoms with van der Waals surface area (Å²) in [7, 11) is -3.51. The molecule has 1 aromatic carbocycles. The van der Waals surface area contributed by atoms with E-state index in [0.717, 1.165) is 6.42 Å². The molecule has 0 radical (unpaired) electrons. The highest BCUT2D eigenvalue weighted by molar-refractivity contribution is 7.89. The zero-order valence-corrected chi connectivity index (χ0v) is 16.0. The summed E-state index contributed by atoms with van der Waals surface area (Å²) in [4.78, 5) is 4.03. The second-order valence-corrected chi connectivity index (χ2v) is 8.47. The molecule has 146 valence electrons. The molecule has 1 aliphatic heterocycles. The molecule has 2 aromatic heterocycles. The summed E-state index contributed by atoms with van der Waals surface area (Å²) in [5.74, 6) is 1.18. The van der Waals surface area contributed by atoms with Crippen LogP contribution in [0, 0.1) is 0 Å². The van der Waals surface area contributed by atoms with Gasteiger partial charge in [0, 0.05) is 18.9 Å². The summed E-state index contributed by atoms with van der Waals surface area (Å²) in [5.41, 5.74) is 0.699. The molecule has 3 heterocycles. The fourth-order valence-corrected chi connectivity index (χ4v) is 4.71. The molecule has 0 N–H and O–H groups in total. The molecule has 0 amide bonds. The van der Waals surface area contributed by atoms with E-state index < -0.39 is 16.1 Å². The van der Waals surface area contributed by atoms with Crippen LogP contribution in [-0.4, -0.2) is 46.8 Å². The summed E-state index contributed by atoms with van der Waals surface area (Å²) in [5, 5.41) is 8.13. The van der Waals surface area contributed by atoms with Crippen molar-refractivity contribution in [1.29, 1.82) is 0 Å². The Morgan fingerprint density at radius 1 is 1.14 bits per heavy atom. The minimum Gasteiger partial charge on any atom is -0.492 e. The molecule has 0 spiro atoms. The van der Waals surface area contributed by atoms with Crippen molar-refractivity contribution < 1.29 is 17.6 Å². The highest BCUT2D eigenvalue weighted by Gasteiger charge is 2.38. The highest BCUT2D eigenvalue weighted by Crippen LogP contribution is 2.34. The summed E-state index contributed by atoms with van der Waals surface area (Å²) in [6.07, 6.45) is 4.67. The van der Waals surface area contributed by atoms with Crippen LogP contribution < -0.4 is 4.74 Å². The van der Waals surface area contributed by atoms with Gasteiger partial charge < -0.3 is 9.15 Å². The molecule has 28 heavy (non-hydrogen) atoms. The Morgan fingerprint density at radius 3 is 2.79 bits per heavy atom. The van der Waals surface area contributed by atoms with Gasteiger partial charge in [-0.2, -0.15) is 4.31 Å². The van der Waals surface area contributed by atoms with E-state index in [2.05, 4.69) is 15.2 Å². The SMILES string of the molecule is O=S(=O)(CCOc1ccccc1)N1CCC[C@@H]1c1nnc(-c2cccnc2)o1. The van der Waals surface area contributed by atoms with Gasteiger partial charge in [0.05, 0.1) is 11.3 Å². The minimum absolute atomic E-state index is 0.0837. The van der Waals surface area contributed by atoms with E-state index in [0.29, 0.717) is 36.1 Å². The van der Waals surface area contributed by atoms with Crippen molar-refractivity contribution in [3.05, 3.63) is 60.7 Å². The molecule has 0 aliphatic carbocycles. The fourth-order valence-electron chi connectivity index (χ4n) is 3.19. The number of ether oxygens (including phenoxy) is 1. The lowest BCUT2D eigenvalue weighted by atomic mass is 10.2. The van der Waals surface area contributed by atoms with Gasteiger partial charge in [0.2, 0.25) is 21.8 Å². The van der Waals surface area contributed by atoms with Gasteiger partial charge in [-0.1, -0.05) is 18.2 Å². The maximum Gasteiger partial charge on any atom is 0.249 e. The molecule has 0 saturated carbocycles.